The van der Waals surface area contributed by atoms with E-state index in [-0.39, 0.29) is 6.61 Å². The number of aryl methyl sites for hydroxylation is 2. The quantitative estimate of drug-likeness (QED) is 0.809. The van der Waals surface area contributed by atoms with Crippen LogP contribution in [0.4, 0.5) is 0 Å². The molecular formula is C24H36N4O. The lowest BCUT2D eigenvalue weighted by molar-refractivity contribution is 0.0136. The van der Waals surface area contributed by atoms with E-state index in [9.17, 15) is 5.11 Å². The Balaban J connectivity index is 1.52. The molecule has 1 saturated heterocycles. The van der Waals surface area contributed by atoms with Crippen LogP contribution in [-0.4, -0.2) is 63.0 Å². The van der Waals surface area contributed by atoms with Gasteiger partial charge in [-0.3, -0.25) is 9.80 Å². The van der Waals surface area contributed by atoms with Gasteiger partial charge in [-0.15, -0.1) is 0 Å². The highest BCUT2D eigenvalue weighted by Crippen LogP contribution is 2.29. The van der Waals surface area contributed by atoms with Crippen molar-refractivity contribution in [3.8, 4) is 5.69 Å². The molecule has 5 heteroatoms. The van der Waals surface area contributed by atoms with Crippen LogP contribution >= 0.6 is 0 Å². The SMILES string of the molecule is Cc1cc(C)c(CN2CCN(C3CCCCC3)[C@@H](CCO)C2)c(-n2cccn2)c1. The molecule has 0 amide bonds. The largest absolute Gasteiger partial charge is 0.396 e. The fourth-order valence-electron chi connectivity index (χ4n) is 5.40. The summed E-state index contributed by atoms with van der Waals surface area (Å²) in [5.74, 6) is 0. The maximum atomic E-state index is 9.70. The van der Waals surface area contributed by atoms with E-state index < -0.39 is 0 Å². The van der Waals surface area contributed by atoms with E-state index in [2.05, 4.69) is 40.9 Å². The minimum Gasteiger partial charge on any atom is -0.396 e. The molecule has 1 aromatic heterocycles. The summed E-state index contributed by atoms with van der Waals surface area (Å²) >= 11 is 0. The molecule has 0 radical (unpaired) electrons. The average Bonchev–Trinajstić information content (AvgIpc) is 3.26. The predicted octanol–water partition coefficient (Wildman–Crippen LogP) is 3.69. The van der Waals surface area contributed by atoms with Crippen LogP contribution in [0.3, 0.4) is 0 Å². The Morgan fingerprint density at radius 1 is 1.10 bits per heavy atom. The summed E-state index contributed by atoms with van der Waals surface area (Å²) in [4.78, 5) is 5.31. The Morgan fingerprint density at radius 2 is 1.93 bits per heavy atom. The number of hydrogen-bond donors (Lipinski definition) is 1. The standard InChI is InChI=1S/C24H36N4O/c1-19-15-20(2)23(24(16-19)28-11-6-10-25-28)18-26-12-13-27(22(17-26)9-14-29)21-7-4-3-5-8-21/h6,10-11,15-16,21-22,29H,3-5,7-9,12-14,17-18H2,1-2H3/t22-/m0/s1. The van der Waals surface area contributed by atoms with Crippen molar-refractivity contribution in [3.05, 3.63) is 47.3 Å². The molecule has 0 spiro atoms. The Kier molecular flexibility index (Phi) is 6.68. The Labute approximate surface area is 175 Å². The molecule has 1 aromatic carbocycles. The van der Waals surface area contributed by atoms with Crippen LogP contribution in [0.25, 0.3) is 5.69 Å². The molecule has 1 aliphatic carbocycles. The highest BCUT2D eigenvalue weighted by molar-refractivity contribution is 5.48. The molecule has 2 aromatic rings. The number of nitrogens with zero attached hydrogens (tertiary/aromatic N) is 4. The Bertz CT molecular complexity index is 782. The molecule has 158 valence electrons. The van der Waals surface area contributed by atoms with Gasteiger partial charge >= 0.3 is 0 Å². The number of aliphatic hydroxyl groups is 1. The molecule has 0 unspecified atom stereocenters. The maximum Gasteiger partial charge on any atom is 0.0695 e. The van der Waals surface area contributed by atoms with Crippen molar-refractivity contribution in [2.45, 2.75) is 71.0 Å². The van der Waals surface area contributed by atoms with Crippen LogP contribution in [0.1, 0.15) is 55.2 Å². The molecule has 2 aliphatic rings. The first-order chi connectivity index (χ1) is 14.2. The van der Waals surface area contributed by atoms with Crippen molar-refractivity contribution >= 4 is 0 Å². The molecule has 5 nitrogen and oxygen atoms in total. The minimum atomic E-state index is 0.282. The van der Waals surface area contributed by atoms with Gasteiger partial charge in [0.15, 0.2) is 0 Å². The van der Waals surface area contributed by atoms with Gasteiger partial charge in [0.05, 0.1) is 5.69 Å². The summed E-state index contributed by atoms with van der Waals surface area (Å²) in [6.45, 7) is 8.87. The summed E-state index contributed by atoms with van der Waals surface area (Å²) in [6.07, 6.45) is 11.6. The zero-order chi connectivity index (χ0) is 20.2. The zero-order valence-corrected chi connectivity index (χ0v) is 18.1. The molecule has 4 rings (SSSR count). The van der Waals surface area contributed by atoms with Crippen molar-refractivity contribution in [3.63, 3.8) is 0 Å². The number of hydrogen-bond acceptors (Lipinski definition) is 4. The van der Waals surface area contributed by atoms with Crippen LogP contribution < -0.4 is 0 Å². The van der Waals surface area contributed by atoms with Gasteiger partial charge < -0.3 is 5.11 Å². The molecule has 1 saturated carbocycles. The molecular weight excluding hydrogens is 360 g/mol. The van der Waals surface area contributed by atoms with Crippen LogP contribution in [-0.2, 0) is 6.54 Å². The van der Waals surface area contributed by atoms with Crippen molar-refractivity contribution < 1.29 is 5.11 Å². The highest BCUT2D eigenvalue weighted by Gasteiger charge is 2.32. The van der Waals surface area contributed by atoms with E-state index >= 15 is 0 Å². The van der Waals surface area contributed by atoms with Gasteiger partial charge in [-0.1, -0.05) is 25.3 Å². The molecule has 1 N–H and O–H groups in total. The maximum absolute atomic E-state index is 9.70. The molecule has 0 bridgehead atoms. The highest BCUT2D eigenvalue weighted by atomic mass is 16.3. The molecule has 2 heterocycles. The summed E-state index contributed by atoms with van der Waals surface area (Å²) < 4.78 is 2.00. The third-order valence-electron chi connectivity index (χ3n) is 6.85. The average molecular weight is 397 g/mol. The number of aromatic nitrogens is 2. The van der Waals surface area contributed by atoms with Crippen LogP contribution in [0.2, 0.25) is 0 Å². The second-order valence-corrected chi connectivity index (χ2v) is 8.96. The van der Waals surface area contributed by atoms with Gasteiger partial charge in [-0.05, 0) is 61.9 Å². The topological polar surface area (TPSA) is 44.5 Å². The van der Waals surface area contributed by atoms with Gasteiger partial charge in [-0.2, -0.15) is 5.10 Å². The fraction of sp³-hybridized carbons (Fsp3) is 0.625. The summed E-state index contributed by atoms with van der Waals surface area (Å²) in [7, 11) is 0. The summed E-state index contributed by atoms with van der Waals surface area (Å²) in [5, 5.41) is 14.2. The Hall–Kier alpha value is -1.69. The second kappa shape index (κ2) is 9.41. The van der Waals surface area contributed by atoms with Gasteiger partial charge in [0, 0.05) is 57.3 Å². The van der Waals surface area contributed by atoms with E-state index in [1.165, 1.54) is 54.5 Å². The van der Waals surface area contributed by atoms with E-state index in [1.807, 2.05) is 23.1 Å². The normalized spacial score (nSPS) is 22.2. The molecule has 1 atom stereocenters. The lowest BCUT2D eigenvalue weighted by Crippen LogP contribution is -2.56. The predicted molar refractivity (Wildman–Crippen MR) is 117 cm³/mol. The van der Waals surface area contributed by atoms with Gasteiger partial charge in [0.1, 0.15) is 0 Å². The zero-order valence-electron chi connectivity index (χ0n) is 18.1. The molecule has 29 heavy (non-hydrogen) atoms. The van der Waals surface area contributed by atoms with Crippen molar-refractivity contribution in [2.75, 3.05) is 26.2 Å². The molecule has 2 fully saturated rings. The molecule has 1 aliphatic heterocycles. The van der Waals surface area contributed by atoms with Crippen molar-refractivity contribution in [1.82, 2.24) is 19.6 Å². The van der Waals surface area contributed by atoms with E-state index in [0.29, 0.717) is 6.04 Å². The Morgan fingerprint density at radius 3 is 2.66 bits per heavy atom. The first-order valence-electron chi connectivity index (χ1n) is 11.3. The first-order valence-corrected chi connectivity index (χ1v) is 11.3. The van der Waals surface area contributed by atoms with E-state index in [0.717, 1.165) is 38.6 Å². The van der Waals surface area contributed by atoms with Crippen LogP contribution in [0, 0.1) is 13.8 Å². The monoisotopic (exact) mass is 396 g/mol. The third-order valence-corrected chi connectivity index (χ3v) is 6.85. The van der Waals surface area contributed by atoms with Crippen molar-refractivity contribution in [2.24, 2.45) is 0 Å². The summed E-state index contributed by atoms with van der Waals surface area (Å²) in [5.41, 5.74) is 5.18. The van der Waals surface area contributed by atoms with Crippen LogP contribution in [0.15, 0.2) is 30.6 Å². The van der Waals surface area contributed by atoms with Gasteiger partial charge in [0.2, 0.25) is 0 Å². The van der Waals surface area contributed by atoms with Gasteiger partial charge in [0.25, 0.3) is 0 Å². The minimum absolute atomic E-state index is 0.282. The van der Waals surface area contributed by atoms with E-state index in [1.54, 1.807) is 0 Å². The lowest BCUT2D eigenvalue weighted by Gasteiger charge is -2.46. The smallest absolute Gasteiger partial charge is 0.0695 e. The first kappa shape index (κ1) is 20.6. The fourth-order valence-corrected chi connectivity index (χ4v) is 5.40. The van der Waals surface area contributed by atoms with Gasteiger partial charge in [-0.25, -0.2) is 4.68 Å². The second-order valence-electron chi connectivity index (χ2n) is 8.96. The number of piperazine rings is 1. The number of rotatable bonds is 6. The number of benzene rings is 1. The van der Waals surface area contributed by atoms with Crippen LogP contribution in [0.5, 0.6) is 0 Å². The third kappa shape index (κ3) is 4.73. The van der Waals surface area contributed by atoms with E-state index in [4.69, 9.17) is 0 Å². The number of aliphatic hydroxyl groups excluding tert-OH is 1. The lowest BCUT2D eigenvalue weighted by atomic mass is 9.91. The van der Waals surface area contributed by atoms with Crippen molar-refractivity contribution in [1.29, 1.82) is 0 Å². The summed E-state index contributed by atoms with van der Waals surface area (Å²) in [6, 6.07) is 7.71.